The number of nitrogens with two attached hydrogens (primary N) is 1. The van der Waals surface area contributed by atoms with Gasteiger partial charge in [0.2, 0.25) is 5.95 Å². The molecule has 0 saturated carbocycles. The van der Waals surface area contributed by atoms with Crippen LogP contribution in [0.25, 0.3) is 22.4 Å². The molecule has 5 rings (SSSR count). The van der Waals surface area contributed by atoms with E-state index in [1.165, 1.54) is 0 Å². The van der Waals surface area contributed by atoms with E-state index in [4.69, 9.17) is 5.73 Å². The number of halogens is 3. The summed E-state index contributed by atoms with van der Waals surface area (Å²) in [5.41, 5.74) is 9.46. The van der Waals surface area contributed by atoms with Gasteiger partial charge in [0.25, 0.3) is 5.92 Å². The van der Waals surface area contributed by atoms with E-state index in [0.717, 1.165) is 23.3 Å². The molecule has 0 atom stereocenters. The zero-order chi connectivity index (χ0) is 23.6. The molecule has 0 aliphatic carbocycles. The van der Waals surface area contributed by atoms with Gasteiger partial charge in [-0.2, -0.15) is 10.1 Å². The fourth-order valence-corrected chi connectivity index (χ4v) is 3.91. The lowest BCUT2D eigenvalue weighted by atomic mass is 10.1. The number of rotatable bonds is 4. The Morgan fingerprint density at radius 2 is 2.03 bits per heavy atom. The van der Waals surface area contributed by atoms with Crippen molar-refractivity contribution in [1.29, 1.82) is 0 Å². The van der Waals surface area contributed by atoms with Crippen LogP contribution < -0.4 is 11.1 Å². The van der Waals surface area contributed by atoms with Gasteiger partial charge in [-0.1, -0.05) is 0 Å². The number of imidazole rings is 1. The van der Waals surface area contributed by atoms with Gasteiger partial charge >= 0.3 is 0 Å². The predicted octanol–water partition coefficient (Wildman–Crippen LogP) is 2.92. The van der Waals surface area contributed by atoms with E-state index in [-0.39, 0.29) is 25.3 Å². The molecule has 1 aliphatic rings. The Balaban J connectivity index is 0.000000243. The van der Waals surface area contributed by atoms with Crippen molar-refractivity contribution in [2.75, 3.05) is 44.9 Å². The van der Waals surface area contributed by atoms with Crippen LogP contribution in [0.15, 0.2) is 30.6 Å². The topological polar surface area (TPSA) is 102 Å². The van der Waals surface area contributed by atoms with E-state index in [0.29, 0.717) is 23.6 Å². The van der Waals surface area contributed by atoms with Gasteiger partial charge in [-0.3, -0.25) is 4.39 Å². The summed E-state index contributed by atoms with van der Waals surface area (Å²) in [5, 5.41) is 11.8. The molecule has 3 N–H and O–H groups in total. The molecule has 4 aromatic rings. The lowest BCUT2D eigenvalue weighted by molar-refractivity contribution is -0.0571. The van der Waals surface area contributed by atoms with Gasteiger partial charge in [-0.05, 0) is 38.2 Å². The highest BCUT2D eigenvalue weighted by molar-refractivity contribution is 5.87. The molecule has 0 bridgehead atoms. The third-order valence-corrected chi connectivity index (χ3v) is 5.41. The number of likely N-dealkylation sites (tertiary alicyclic amines) is 1. The summed E-state index contributed by atoms with van der Waals surface area (Å²) < 4.78 is 40.8. The Morgan fingerprint density at radius 1 is 1.21 bits per heavy atom. The van der Waals surface area contributed by atoms with Crippen LogP contribution in [0.4, 0.5) is 24.9 Å². The van der Waals surface area contributed by atoms with Crippen LogP contribution in [-0.4, -0.2) is 73.9 Å². The molecule has 0 spiro atoms. The number of nitrogens with one attached hydrogen (secondary N) is 1. The fourth-order valence-electron chi connectivity index (χ4n) is 3.91. The van der Waals surface area contributed by atoms with Crippen molar-refractivity contribution in [1.82, 2.24) is 34.1 Å². The average molecular weight is 461 g/mol. The summed E-state index contributed by atoms with van der Waals surface area (Å²) in [6.07, 6.45) is 4.41. The maximum atomic E-state index is 12.7. The van der Waals surface area contributed by atoms with Gasteiger partial charge in [0.15, 0.2) is 11.5 Å². The Morgan fingerprint density at radius 3 is 2.70 bits per heavy atom. The maximum absolute atomic E-state index is 12.7. The Kier molecular flexibility index (Phi) is 6.36. The highest BCUT2D eigenvalue weighted by Crippen LogP contribution is 2.29. The lowest BCUT2D eigenvalue weighted by Gasteiger charge is -2.28. The standard InChI is InChI=1S/C15H15FN8.C6H11F2N/c1-18-14-13-10(5-7-23(13)22-15(17)20-14)11-2-3-12-19-8-9(4-6-16)24(12)21-11;1-9-4-2-3-6(7,8)5-9/h2-3,5,7-8H,4,6H2,1H3,(H3,17,18,20,22);2-5H2,1H3. The molecule has 176 valence electrons. The smallest absolute Gasteiger partial charge is 0.260 e. The summed E-state index contributed by atoms with van der Waals surface area (Å²) in [6.45, 7) is 0.300. The number of nitrogen functional groups attached to an aromatic ring is 1. The quantitative estimate of drug-likeness (QED) is 0.482. The van der Waals surface area contributed by atoms with Crippen LogP contribution in [0.1, 0.15) is 18.5 Å². The number of hydrogen-bond donors (Lipinski definition) is 2. The summed E-state index contributed by atoms with van der Waals surface area (Å²) in [4.78, 5) is 10.1. The second kappa shape index (κ2) is 9.22. The monoisotopic (exact) mass is 461 g/mol. The number of anilines is 2. The van der Waals surface area contributed by atoms with E-state index in [2.05, 4.69) is 25.5 Å². The van der Waals surface area contributed by atoms with Gasteiger partial charge in [0.1, 0.15) is 5.52 Å². The highest BCUT2D eigenvalue weighted by Gasteiger charge is 2.33. The van der Waals surface area contributed by atoms with Crippen molar-refractivity contribution < 1.29 is 13.2 Å². The fraction of sp³-hybridized carbons (Fsp3) is 0.429. The minimum absolute atomic E-state index is 0.0625. The van der Waals surface area contributed by atoms with E-state index < -0.39 is 12.6 Å². The SMILES string of the molecule is CN1CCCC(F)(F)C1.CNc1nc(N)nn2ccc(-c3ccc4ncc(CCF)n4n3)c12. The van der Waals surface area contributed by atoms with Crippen molar-refractivity contribution in [3.05, 3.63) is 36.3 Å². The zero-order valence-electron chi connectivity index (χ0n) is 18.5. The molecular weight excluding hydrogens is 435 g/mol. The number of piperidine rings is 1. The van der Waals surface area contributed by atoms with Gasteiger partial charge in [-0.25, -0.2) is 22.8 Å². The lowest BCUT2D eigenvalue weighted by Crippen LogP contribution is -2.39. The first kappa shape index (κ1) is 22.8. The first-order valence-electron chi connectivity index (χ1n) is 10.6. The normalized spacial score (nSPS) is 16.0. The summed E-state index contributed by atoms with van der Waals surface area (Å²) >= 11 is 0. The molecule has 9 nitrogen and oxygen atoms in total. The Bertz CT molecular complexity index is 1250. The van der Waals surface area contributed by atoms with E-state index in [1.54, 1.807) is 40.4 Å². The molecule has 0 radical (unpaired) electrons. The highest BCUT2D eigenvalue weighted by atomic mass is 19.3. The first-order chi connectivity index (χ1) is 15.8. The van der Waals surface area contributed by atoms with Crippen LogP contribution in [-0.2, 0) is 6.42 Å². The largest absolute Gasteiger partial charge is 0.371 e. The molecular formula is C21H26F3N9. The first-order valence-corrected chi connectivity index (χ1v) is 10.6. The molecule has 12 heteroatoms. The molecule has 0 unspecified atom stereocenters. The number of nitrogens with zero attached hydrogens (tertiary/aromatic N) is 7. The molecule has 4 aromatic heterocycles. The van der Waals surface area contributed by atoms with Gasteiger partial charge in [0, 0.05) is 31.6 Å². The van der Waals surface area contributed by atoms with Crippen molar-refractivity contribution in [2.45, 2.75) is 25.2 Å². The number of alkyl halides is 3. The molecule has 0 aromatic carbocycles. The molecule has 33 heavy (non-hydrogen) atoms. The third-order valence-electron chi connectivity index (χ3n) is 5.41. The van der Waals surface area contributed by atoms with Crippen LogP contribution in [0.5, 0.6) is 0 Å². The number of fused-ring (bicyclic) bond motifs is 2. The van der Waals surface area contributed by atoms with Crippen LogP contribution in [0.2, 0.25) is 0 Å². The Hall–Kier alpha value is -3.41. The molecule has 5 heterocycles. The maximum Gasteiger partial charge on any atom is 0.260 e. The number of aryl methyl sites for hydroxylation is 1. The van der Waals surface area contributed by atoms with E-state index >= 15 is 0 Å². The van der Waals surface area contributed by atoms with Crippen molar-refractivity contribution in [2.24, 2.45) is 0 Å². The van der Waals surface area contributed by atoms with E-state index in [1.807, 2.05) is 18.2 Å². The Labute approximate surface area is 188 Å². The average Bonchev–Trinajstić information content (AvgIpc) is 3.37. The summed E-state index contributed by atoms with van der Waals surface area (Å²) in [7, 11) is 3.50. The zero-order valence-corrected chi connectivity index (χ0v) is 18.5. The van der Waals surface area contributed by atoms with Gasteiger partial charge in [-0.15, -0.1) is 5.10 Å². The third kappa shape index (κ3) is 4.85. The van der Waals surface area contributed by atoms with Crippen molar-refractivity contribution >= 4 is 22.9 Å². The van der Waals surface area contributed by atoms with E-state index in [9.17, 15) is 13.2 Å². The van der Waals surface area contributed by atoms with Gasteiger partial charge < -0.3 is 16.0 Å². The van der Waals surface area contributed by atoms with Crippen molar-refractivity contribution in [3.63, 3.8) is 0 Å². The van der Waals surface area contributed by atoms with Crippen molar-refractivity contribution in [3.8, 4) is 11.3 Å². The molecule has 1 fully saturated rings. The second-order valence-electron chi connectivity index (χ2n) is 7.97. The number of hydrogen-bond acceptors (Lipinski definition) is 7. The molecule has 1 saturated heterocycles. The molecule has 1 aliphatic heterocycles. The van der Waals surface area contributed by atoms with Crippen LogP contribution in [0, 0.1) is 0 Å². The minimum atomic E-state index is -2.42. The van der Waals surface area contributed by atoms with Crippen LogP contribution in [0.3, 0.4) is 0 Å². The second-order valence-corrected chi connectivity index (χ2v) is 7.97. The summed E-state index contributed by atoms with van der Waals surface area (Å²) in [6, 6.07) is 5.61. The summed E-state index contributed by atoms with van der Waals surface area (Å²) in [5.74, 6) is -1.64. The predicted molar refractivity (Wildman–Crippen MR) is 120 cm³/mol. The minimum Gasteiger partial charge on any atom is -0.371 e. The molecule has 0 amide bonds. The van der Waals surface area contributed by atoms with Gasteiger partial charge in [0.05, 0.1) is 30.8 Å². The van der Waals surface area contributed by atoms with Crippen LogP contribution >= 0.6 is 0 Å². The number of aromatic nitrogens is 6.